The van der Waals surface area contributed by atoms with Crippen molar-refractivity contribution in [3.05, 3.63) is 11.6 Å². The van der Waals surface area contributed by atoms with Crippen molar-refractivity contribution in [1.82, 2.24) is 0 Å². The Labute approximate surface area is 222 Å². The van der Waals surface area contributed by atoms with E-state index in [0.29, 0.717) is 30.1 Å². The molecule has 0 radical (unpaired) electrons. The third-order valence-electron chi connectivity index (χ3n) is 11.3. The van der Waals surface area contributed by atoms with Gasteiger partial charge in [-0.3, -0.25) is 4.79 Å². The normalized spacial score (nSPS) is 41.6. The Balaban J connectivity index is 1.45. The summed E-state index contributed by atoms with van der Waals surface area (Å²) in [7, 11) is 0. The van der Waals surface area contributed by atoms with E-state index in [1.54, 1.807) is 20.8 Å². The Hall–Kier alpha value is -1.04. The molecule has 1 N–H and O–H groups in total. The summed E-state index contributed by atoms with van der Waals surface area (Å²) in [5, 5.41) is 10.7. The SMILES string of the molecule is C[C@H](CC[C@@H](OC(=O)C(C)(C)C)C(F)(F)F)[C@H]1CC[C@H]2[C@@H]3CC=C4C[C@@](C)(O)CC[C@]4(C)[C@H]3CC[C@]12C. The lowest BCUT2D eigenvalue weighted by Crippen LogP contribution is -2.52. The van der Waals surface area contributed by atoms with E-state index in [1.165, 1.54) is 12.0 Å². The van der Waals surface area contributed by atoms with Crippen LogP contribution in [0, 0.1) is 45.8 Å². The Bertz CT molecular complexity index is 900. The summed E-state index contributed by atoms with van der Waals surface area (Å²) < 4.78 is 46.2. The van der Waals surface area contributed by atoms with E-state index in [2.05, 4.69) is 26.8 Å². The van der Waals surface area contributed by atoms with Crippen molar-refractivity contribution in [3.63, 3.8) is 0 Å². The van der Waals surface area contributed by atoms with Crippen LogP contribution in [0.4, 0.5) is 13.2 Å². The summed E-state index contributed by atoms with van der Waals surface area (Å²) in [5.41, 5.74) is 0.231. The molecule has 3 saturated carbocycles. The Kier molecular flexibility index (Phi) is 7.48. The van der Waals surface area contributed by atoms with Crippen molar-refractivity contribution in [2.24, 2.45) is 45.8 Å². The van der Waals surface area contributed by atoms with Crippen LogP contribution >= 0.6 is 0 Å². The molecule has 0 bridgehead atoms. The van der Waals surface area contributed by atoms with Crippen LogP contribution < -0.4 is 0 Å². The van der Waals surface area contributed by atoms with Crippen LogP contribution in [0.3, 0.4) is 0 Å². The van der Waals surface area contributed by atoms with Crippen LogP contribution in [0.2, 0.25) is 0 Å². The first-order valence-corrected chi connectivity index (χ1v) is 14.6. The molecule has 4 aliphatic rings. The molecule has 212 valence electrons. The maximum atomic E-state index is 13.7. The zero-order chi connectivity index (χ0) is 27.6. The zero-order valence-corrected chi connectivity index (χ0v) is 24.0. The van der Waals surface area contributed by atoms with Crippen molar-refractivity contribution in [2.75, 3.05) is 0 Å². The quantitative estimate of drug-likeness (QED) is 0.290. The highest BCUT2D eigenvalue weighted by Gasteiger charge is 2.59. The third-order valence-corrected chi connectivity index (χ3v) is 11.3. The molecule has 0 aromatic rings. The molecular weight excluding hydrogens is 477 g/mol. The first-order valence-electron chi connectivity index (χ1n) is 14.6. The maximum absolute atomic E-state index is 13.7. The first-order chi connectivity index (χ1) is 16.9. The van der Waals surface area contributed by atoms with Crippen molar-refractivity contribution in [2.45, 2.75) is 131 Å². The summed E-state index contributed by atoms with van der Waals surface area (Å²) in [4.78, 5) is 12.2. The fraction of sp³-hybridized carbons (Fsp3) is 0.903. The highest BCUT2D eigenvalue weighted by Crippen LogP contribution is 2.67. The Morgan fingerprint density at radius 1 is 1.05 bits per heavy atom. The van der Waals surface area contributed by atoms with Crippen LogP contribution in [0.5, 0.6) is 0 Å². The fourth-order valence-corrected chi connectivity index (χ4v) is 8.99. The molecule has 3 nitrogen and oxygen atoms in total. The number of aliphatic hydroxyl groups is 1. The van der Waals surface area contributed by atoms with Gasteiger partial charge >= 0.3 is 12.1 Å². The molecular formula is C31H49F3O3. The van der Waals surface area contributed by atoms with E-state index < -0.39 is 29.3 Å². The highest BCUT2D eigenvalue weighted by molar-refractivity contribution is 5.75. The predicted octanol–water partition coefficient (Wildman–Crippen LogP) is 8.25. The number of allylic oxidation sites excluding steroid dienone is 1. The van der Waals surface area contributed by atoms with Gasteiger partial charge in [-0.1, -0.05) is 32.4 Å². The van der Waals surface area contributed by atoms with Gasteiger partial charge in [-0.15, -0.1) is 0 Å². The standard InChI is InChI=1S/C31H49F3O3/c1-19(8-13-25(31(32,33)34)37-26(35)27(2,3)4)22-11-12-23-21-10-9-20-18-28(5,36)16-17-29(20,6)24(21)14-15-30(22,23)7/h9,19,21-25,36H,8,10-18H2,1-7H3/t19-,21+,22-,23+,24+,25-,28+,29+,30-/m1/s1. The lowest BCUT2D eigenvalue weighted by atomic mass is 9.46. The van der Waals surface area contributed by atoms with Crippen molar-refractivity contribution in [1.29, 1.82) is 0 Å². The van der Waals surface area contributed by atoms with Gasteiger partial charge in [0.05, 0.1) is 11.0 Å². The largest absolute Gasteiger partial charge is 0.452 e. The molecule has 4 aliphatic carbocycles. The topological polar surface area (TPSA) is 46.5 Å². The third kappa shape index (κ3) is 5.39. The number of rotatable bonds is 5. The van der Waals surface area contributed by atoms with Crippen LogP contribution in [0.1, 0.15) is 113 Å². The number of carbonyl (C=O) groups excluding carboxylic acids is 1. The zero-order valence-electron chi connectivity index (χ0n) is 24.0. The molecule has 0 spiro atoms. The molecule has 0 aromatic carbocycles. The minimum atomic E-state index is -4.55. The van der Waals surface area contributed by atoms with E-state index in [-0.39, 0.29) is 23.2 Å². The molecule has 9 atom stereocenters. The molecule has 0 aliphatic heterocycles. The van der Waals surface area contributed by atoms with E-state index in [4.69, 9.17) is 4.74 Å². The van der Waals surface area contributed by atoms with Crippen LogP contribution in [0.25, 0.3) is 0 Å². The molecule has 3 fully saturated rings. The van der Waals surface area contributed by atoms with E-state index >= 15 is 0 Å². The van der Waals surface area contributed by atoms with Gasteiger partial charge in [0.25, 0.3) is 0 Å². The summed E-state index contributed by atoms with van der Waals surface area (Å²) in [5.74, 6) is 1.63. The number of hydrogen-bond donors (Lipinski definition) is 1. The van der Waals surface area contributed by atoms with Crippen LogP contribution in [0.15, 0.2) is 11.6 Å². The van der Waals surface area contributed by atoms with Crippen molar-refractivity contribution < 1.29 is 27.8 Å². The van der Waals surface area contributed by atoms with Crippen molar-refractivity contribution in [3.8, 4) is 0 Å². The number of ether oxygens (including phenoxy) is 1. The molecule has 4 rings (SSSR count). The minimum absolute atomic E-state index is 0.151. The van der Waals surface area contributed by atoms with Gasteiger partial charge in [-0.25, -0.2) is 0 Å². The van der Waals surface area contributed by atoms with Crippen molar-refractivity contribution >= 4 is 5.97 Å². The molecule has 0 heterocycles. The number of fused-ring (bicyclic) bond motifs is 5. The van der Waals surface area contributed by atoms with E-state index in [9.17, 15) is 23.1 Å². The second-order valence-corrected chi connectivity index (χ2v) is 14.9. The monoisotopic (exact) mass is 526 g/mol. The van der Waals surface area contributed by atoms with Gasteiger partial charge in [0.15, 0.2) is 6.10 Å². The molecule has 0 aromatic heterocycles. The molecule has 0 amide bonds. The maximum Gasteiger partial charge on any atom is 0.425 e. The Morgan fingerprint density at radius 3 is 2.35 bits per heavy atom. The fourth-order valence-electron chi connectivity index (χ4n) is 8.99. The van der Waals surface area contributed by atoms with Crippen LogP contribution in [-0.2, 0) is 9.53 Å². The smallest absolute Gasteiger partial charge is 0.425 e. The average Bonchev–Trinajstić information content (AvgIpc) is 3.12. The molecule has 6 heteroatoms. The second kappa shape index (κ2) is 9.55. The molecule has 0 saturated heterocycles. The summed E-state index contributed by atoms with van der Waals surface area (Å²) in [6.45, 7) is 13.7. The number of esters is 1. The first kappa shape index (κ1) is 29.0. The number of carbonyl (C=O) groups is 1. The highest BCUT2D eigenvalue weighted by atomic mass is 19.4. The summed E-state index contributed by atoms with van der Waals surface area (Å²) in [6, 6.07) is 0. The molecule has 0 unspecified atom stereocenters. The number of hydrogen-bond acceptors (Lipinski definition) is 3. The van der Waals surface area contributed by atoms with E-state index in [1.807, 2.05) is 6.92 Å². The van der Waals surface area contributed by atoms with Gasteiger partial charge in [0.2, 0.25) is 0 Å². The van der Waals surface area contributed by atoms with Gasteiger partial charge in [0.1, 0.15) is 0 Å². The second-order valence-electron chi connectivity index (χ2n) is 14.9. The lowest BCUT2D eigenvalue weighted by molar-refractivity contribution is -0.227. The lowest BCUT2D eigenvalue weighted by Gasteiger charge is -2.59. The number of alkyl halides is 3. The predicted molar refractivity (Wildman–Crippen MR) is 140 cm³/mol. The number of halogens is 3. The van der Waals surface area contributed by atoms with Gasteiger partial charge < -0.3 is 9.84 Å². The summed E-state index contributed by atoms with van der Waals surface area (Å²) in [6.07, 6.45) is 4.40. The van der Waals surface area contributed by atoms with Gasteiger partial charge in [0, 0.05) is 0 Å². The summed E-state index contributed by atoms with van der Waals surface area (Å²) >= 11 is 0. The van der Waals surface area contributed by atoms with Crippen LogP contribution in [-0.4, -0.2) is 29.0 Å². The molecule has 37 heavy (non-hydrogen) atoms. The van der Waals surface area contributed by atoms with Gasteiger partial charge in [-0.05, 0) is 132 Å². The van der Waals surface area contributed by atoms with E-state index in [0.717, 1.165) is 44.9 Å². The Morgan fingerprint density at radius 2 is 1.73 bits per heavy atom. The van der Waals surface area contributed by atoms with Gasteiger partial charge in [-0.2, -0.15) is 13.2 Å². The average molecular weight is 527 g/mol. The minimum Gasteiger partial charge on any atom is -0.452 e.